The minimum absolute atomic E-state index is 0.0548. The van der Waals surface area contributed by atoms with Crippen LogP contribution in [0.1, 0.15) is 47.7 Å². The molecule has 1 N–H and O–H groups in total. The van der Waals surface area contributed by atoms with Crippen LogP contribution in [0, 0.1) is 0 Å². The third-order valence-electron chi connectivity index (χ3n) is 4.83. The summed E-state index contributed by atoms with van der Waals surface area (Å²) in [6, 6.07) is 15.7. The van der Waals surface area contributed by atoms with Crippen molar-refractivity contribution in [3.05, 3.63) is 65.2 Å². The molecule has 138 valence electrons. The van der Waals surface area contributed by atoms with Gasteiger partial charge in [0.25, 0.3) is 5.91 Å². The first kappa shape index (κ1) is 18.5. The number of ether oxygens (including phenoxy) is 1. The maximum Gasteiger partial charge on any atom is 0.251 e. The lowest BCUT2D eigenvalue weighted by molar-refractivity contribution is 0.0950. The largest absolute Gasteiger partial charge is 0.494 e. The van der Waals surface area contributed by atoms with Crippen molar-refractivity contribution in [3.63, 3.8) is 0 Å². The molecule has 0 aromatic heterocycles. The standard InChI is InChI=1S/C22H28N2O2/c1-2-26-21-12-10-18(11-13-21)22(25)23-16-19-8-4-5-9-20(19)17-24-14-6-3-7-15-24/h4-5,8-13H,2-3,6-7,14-17H2,1H3,(H,23,25). The van der Waals surface area contributed by atoms with E-state index in [2.05, 4.69) is 28.4 Å². The number of nitrogens with zero attached hydrogens (tertiary/aromatic N) is 1. The lowest BCUT2D eigenvalue weighted by Gasteiger charge is -2.27. The molecule has 3 rings (SSSR count). The molecular formula is C22H28N2O2. The van der Waals surface area contributed by atoms with Gasteiger partial charge in [0.2, 0.25) is 0 Å². The molecule has 4 heteroatoms. The van der Waals surface area contributed by atoms with E-state index in [1.807, 2.05) is 25.1 Å². The van der Waals surface area contributed by atoms with E-state index in [0.29, 0.717) is 18.7 Å². The van der Waals surface area contributed by atoms with Gasteiger partial charge in [-0.15, -0.1) is 0 Å². The van der Waals surface area contributed by atoms with Gasteiger partial charge in [0.05, 0.1) is 6.61 Å². The fraction of sp³-hybridized carbons (Fsp3) is 0.409. The van der Waals surface area contributed by atoms with Gasteiger partial charge in [0.15, 0.2) is 0 Å². The predicted molar refractivity (Wildman–Crippen MR) is 104 cm³/mol. The number of likely N-dealkylation sites (tertiary alicyclic amines) is 1. The first-order valence-corrected chi connectivity index (χ1v) is 9.56. The summed E-state index contributed by atoms with van der Waals surface area (Å²) in [4.78, 5) is 14.9. The number of rotatable bonds is 7. The second-order valence-corrected chi connectivity index (χ2v) is 6.75. The molecule has 1 amide bonds. The van der Waals surface area contributed by atoms with E-state index in [0.717, 1.165) is 12.3 Å². The first-order valence-electron chi connectivity index (χ1n) is 9.56. The number of nitrogens with one attached hydrogen (secondary N) is 1. The Balaban J connectivity index is 1.59. The molecule has 2 aromatic rings. The SMILES string of the molecule is CCOc1ccc(C(=O)NCc2ccccc2CN2CCCCC2)cc1. The molecule has 0 spiro atoms. The molecule has 0 bridgehead atoms. The van der Waals surface area contributed by atoms with E-state index in [4.69, 9.17) is 4.74 Å². The molecule has 1 saturated heterocycles. The van der Waals surface area contributed by atoms with Crippen molar-refractivity contribution < 1.29 is 9.53 Å². The van der Waals surface area contributed by atoms with Crippen LogP contribution in [0.15, 0.2) is 48.5 Å². The second kappa shape index (κ2) is 9.39. The Kier molecular flexibility index (Phi) is 6.67. The zero-order chi connectivity index (χ0) is 18.2. The molecule has 1 heterocycles. The van der Waals surface area contributed by atoms with E-state index in [1.165, 1.54) is 43.5 Å². The number of carbonyl (C=O) groups is 1. The zero-order valence-corrected chi connectivity index (χ0v) is 15.5. The topological polar surface area (TPSA) is 41.6 Å². The molecule has 0 atom stereocenters. The quantitative estimate of drug-likeness (QED) is 0.819. The van der Waals surface area contributed by atoms with Crippen LogP contribution in [-0.4, -0.2) is 30.5 Å². The van der Waals surface area contributed by atoms with Crippen LogP contribution >= 0.6 is 0 Å². The summed E-state index contributed by atoms with van der Waals surface area (Å²) in [7, 11) is 0. The van der Waals surface area contributed by atoms with Crippen molar-refractivity contribution in [1.29, 1.82) is 0 Å². The van der Waals surface area contributed by atoms with Crippen LogP contribution in [0.25, 0.3) is 0 Å². The van der Waals surface area contributed by atoms with Crippen LogP contribution in [-0.2, 0) is 13.1 Å². The van der Waals surface area contributed by atoms with Gasteiger partial charge in [-0.3, -0.25) is 9.69 Å². The molecule has 26 heavy (non-hydrogen) atoms. The second-order valence-electron chi connectivity index (χ2n) is 6.75. The number of hydrogen-bond donors (Lipinski definition) is 1. The number of piperidine rings is 1. The fourth-order valence-electron chi connectivity index (χ4n) is 3.39. The smallest absolute Gasteiger partial charge is 0.251 e. The van der Waals surface area contributed by atoms with Gasteiger partial charge in [0.1, 0.15) is 5.75 Å². The minimum atomic E-state index is -0.0548. The van der Waals surface area contributed by atoms with Gasteiger partial charge in [-0.05, 0) is 68.2 Å². The highest BCUT2D eigenvalue weighted by Crippen LogP contribution is 2.17. The van der Waals surface area contributed by atoms with Gasteiger partial charge in [0, 0.05) is 18.7 Å². The van der Waals surface area contributed by atoms with Crippen LogP contribution in [0.5, 0.6) is 5.75 Å². The van der Waals surface area contributed by atoms with Crippen molar-refractivity contribution in [2.24, 2.45) is 0 Å². The summed E-state index contributed by atoms with van der Waals surface area (Å²) < 4.78 is 5.42. The highest BCUT2D eigenvalue weighted by molar-refractivity contribution is 5.94. The van der Waals surface area contributed by atoms with Crippen LogP contribution in [0.3, 0.4) is 0 Å². The third-order valence-corrected chi connectivity index (χ3v) is 4.83. The Labute approximate surface area is 156 Å². The molecule has 0 unspecified atom stereocenters. The monoisotopic (exact) mass is 352 g/mol. The third kappa shape index (κ3) is 5.09. The molecule has 0 radical (unpaired) electrons. The van der Waals surface area contributed by atoms with Gasteiger partial charge in [-0.25, -0.2) is 0 Å². The molecule has 1 aliphatic rings. The van der Waals surface area contributed by atoms with E-state index in [-0.39, 0.29) is 5.91 Å². The Morgan fingerprint density at radius 2 is 1.69 bits per heavy atom. The highest BCUT2D eigenvalue weighted by Gasteiger charge is 2.13. The summed E-state index contributed by atoms with van der Waals surface area (Å²) >= 11 is 0. The maximum atomic E-state index is 12.4. The van der Waals surface area contributed by atoms with Crippen LogP contribution in [0.4, 0.5) is 0 Å². The molecule has 1 fully saturated rings. The lowest BCUT2D eigenvalue weighted by Crippen LogP contribution is -2.30. The Hall–Kier alpha value is -2.33. The summed E-state index contributed by atoms with van der Waals surface area (Å²) in [6.45, 7) is 6.44. The first-order chi connectivity index (χ1) is 12.8. The Bertz CT molecular complexity index is 706. The average molecular weight is 352 g/mol. The fourth-order valence-corrected chi connectivity index (χ4v) is 3.39. The van der Waals surface area contributed by atoms with Crippen molar-refractivity contribution in [1.82, 2.24) is 10.2 Å². The number of benzene rings is 2. The molecule has 4 nitrogen and oxygen atoms in total. The van der Waals surface area contributed by atoms with Gasteiger partial charge in [-0.2, -0.15) is 0 Å². The summed E-state index contributed by atoms with van der Waals surface area (Å²) in [5.74, 6) is 0.733. The summed E-state index contributed by atoms with van der Waals surface area (Å²) in [6.07, 6.45) is 3.92. The lowest BCUT2D eigenvalue weighted by atomic mass is 10.0. The molecular weight excluding hydrogens is 324 g/mol. The number of amides is 1. The average Bonchev–Trinajstić information content (AvgIpc) is 2.69. The maximum absolute atomic E-state index is 12.4. The normalized spacial score (nSPS) is 14.8. The Morgan fingerprint density at radius 1 is 1.00 bits per heavy atom. The molecule has 2 aromatic carbocycles. The van der Waals surface area contributed by atoms with Crippen molar-refractivity contribution in [2.75, 3.05) is 19.7 Å². The number of hydrogen-bond acceptors (Lipinski definition) is 3. The van der Waals surface area contributed by atoms with Crippen LogP contribution < -0.4 is 10.1 Å². The molecule has 0 aliphatic carbocycles. The van der Waals surface area contributed by atoms with Gasteiger partial charge in [-0.1, -0.05) is 30.7 Å². The van der Waals surface area contributed by atoms with Gasteiger partial charge < -0.3 is 10.1 Å². The van der Waals surface area contributed by atoms with Crippen molar-refractivity contribution >= 4 is 5.91 Å². The van der Waals surface area contributed by atoms with Crippen LogP contribution in [0.2, 0.25) is 0 Å². The van der Waals surface area contributed by atoms with Crippen molar-refractivity contribution in [3.8, 4) is 5.75 Å². The summed E-state index contributed by atoms with van der Waals surface area (Å²) in [5, 5.41) is 3.05. The zero-order valence-electron chi connectivity index (χ0n) is 15.5. The van der Waals surface area contributed by atoms with E-state index in [9.17, 15) is 4.79 Å². The highest BCUT2D eigenvalue weighted by atomic mass is 16.5. The summed E-state index contributed by atoms with van der Waals surface area (Å²) in [5.41, 5.74) is 3.15. The Morgan fingerprint density at radius 3 is 2.38 bits per heavy atom. The van der Waals surface area contributed by atoms with Gasteiger partial charge >= 0.3 is 0 Å². The number of carbonyl (C=O) groups excluding carboxylic acids is 1. The van der Waals surface area contributed by atoms with E-state index < -0.39 is 0 Å². The van der Waals surface area contributed by atoms with Crippen molar-refractivity contribution in [2.45, 2.75) is 39.3 Å². The molecule has 1 aliphatic heterocycles. The molecule has 0 saturated carbocycles. The predicted octanol–water partition coefficient (Wildman–Crippen LogP) is 4.00. The van der Waals surface area contributed by atoms with E-state index >= 15 is 0 Å². The minimum Gasteiger partial charge on any atom is -0.494 e. The van der Waals surface area contributed by atoms with E-state index in [1.54, 1.807) is 12.1 Å².